The number of carbonyl (C=O) groups excluding carboxylic acids is 4. The van der Waals surface area contributed by atoms with Crippen LogP contribution in [-0.2, 0) is 35.2 Å². The van der Waals surface area contributed by atoms with Gasteiger partial charge in [-0.05, 0) is 30.0 Å². The van der Waals surface area contributed by atoms with E-state index in [0.29, 0.717) is 12.0 Å². The van der Waals surface area contributed by atoms with Crippen LogP contribution in [0.3, 0.4) is 0 Å². The second-order valence-electron chi connectivity index (χ2n) is 8.91. The first-order chi connectivity index (χ1) is 17.7. The molecule has 0 fully saturated rings. The maximum atomic E-state index is 13.2. The van der Waals surface area contributed by atoms with E-state index in [2.05, 4.69) is 16.0 Å². The lowest BCUT2D eigenvalue weighted by atomic mass is 9.98. The first-order valence-electron chi connectivity index (χ1n) is 11.9. The van der Waals surface area contributed by atoms with Crippen LogP contribution in [-0.4, -0.2) is 75.1 Å². The number of amides is 4. The molecule has 0 bridgehead atoms. The number of phenolic OH excluding ortho intramolecular Hbond substituents is 1. The summed E-state index contributed by atoms with van der Waals surface area (Å²) in [5, 5.41) is 35.0. The van der Waals surface area contributed by atoms with Gasteiger partial charge in [-0.25, -0.2) is 4.79 Å². The predicted octanol–water partition coefficient (Wildman–Crippen LogP) is -1.41. The predicted molar refractivity (Wildman–Crippen MR) is 133 cm³/mol. The zero-order valence-corrected chi connectivity index (χ0v) is 21.2. The largest absolute Gasteiger partial charge is 0.508 e. The van der Waals surface area contributed by atoms with Crippen molar-refractivity contribution in [3.8, 4) is 5.75 Å². The van der Waals surface area contributed by atoms with Crippen molar-refractivity contribution < 1.29 is 44.1 Å². The van der Waals surface area contributed by atoms with Crippen molar-refractivity contribution in [2.24, 2.45) is 17.4 Å². The number of benzene rings is 1. The molecule has 4 amide bonds. The third kappa shape index (κ3) is 10.8. The van der Waals surface area contributed by atoms with E-state index in [1.165, 1.54) is 24.3 Å². The molecule has 0 aliphatic heterocycles. The molecule has 14 nitrogen and oxygen atoms in total. The first-order valence-corrected chi connectivity index (χ1v) is 11.9. The van der Waals surface area contributed by atoms with E-state index in [1.54, 1.807) is 6.92 Å². The number of phenols is 1. The van der Waals surface area contributed by atoms with Crippen LogP contribution in [0.25, 0.3) is 0 Å². The Morgan fingerprint density at radius 2 is 1.39 bits per heavy atom. The van der Waals surface area contributed by atoms with Gasteiger partial charge in [0.2, 0.25) is 23.6 Å². The highest BCUT2D eigenvalue weighted by molar-refractivity contribution is 5.95. The SMILES string of the molecule is CCC(C)C(N)C(=O)NC(Cc1ccc(O)cc1)C(=O)NC(CC(=O)O)C(=O)NC(CCC(N)=O)C(=O)O. The van der Waals surface area contributed by atoms with E-state index < -0.39 is 66.2 Å². The smallest absolute Gasteiger partial charge is 0.326 e. The van der Waals surface area contributed by atoms with Crippen molar-refractivity contribution in [2.45, 2.75) is 70.1 Å². The molecule has 1 aromatic rings. The number of carboxylic acids is 2. The molecule has 0 aliphatic rings. The number of hydrogen-bond acceptors (Lipinski definition) is 8. The summed E-state index contributed by atoms with van der Waals surface area (Å²) in [4.78, 5) is 72.5. The van der Waals surface area contributed by atoms with Crippen LogP contribution in [0, 0.1) is 5.92 Å². The maximum Gasteiger partial charge on any atom is 0.326 e. The Kier molecular flexibility index (Phi) is 12.7. The monoisotopic (exact) mass is 537 g/mol. The van der Waals surface area contributed by atoms with Crippen molar-refractivity contribution in [2.75, 3.05) is 0 Å². The number of carbonyl (C=O) groups is 6. The number of nitrogens with one attached hydrogen (secondary N) is 3. The van der Waals surface area contributed by atoms with Crippen LogP contribution in [0.1, 0.15) is 45.1 Å². The third-order valence-corrected chi connectivity index (χ3v) is 5.87. The molecular weight excluding hydrogens is 502 g/mol. The van der Waals surface area contributed by atoms with E-state index in [9.17, 15) is 44.1 Å². The lowest BCUT2D eigenvalue weighted by molar-refractivity contribution is -0.143. The van der Waals surface area contributed by atoms with Gasteiger partial charge in [0.15, 0.2) is 0 Å². The topological polar surface area (TPSA) is 251 Å². The van der Waals surface area contributed by atoms with Crippen LogP contribution in [0.4, 0.5) is 0 Å². The second-order valence-corrected chi connectivity index (χ2v) is 8.91. The standard InChI is InChI=1S/C24H35N5O9/c1-3-12(2)20(26)23(36)29-16(10-13-4-6-14(30)7-5-13)21(34)28-17(11-19(32)33)22(35)27-15(24(37)38)8-9-18(25)31/h4-7,12,15-17,20,30H,3,8-11,26H2,1-2H3,(H2,25,31)(H,27,35)(H,28,34)(H,29,36)(H,32,33)(H,37,38). The molecule has 38 heavy (non-hydrogen) atoms. The number of rotatable bonds is 16. The summed E-state index contributed by atoms with van der Waals surface area (Å²) >= 11 is 0. The zero-order chi connectivity index (χ0) is 29.0. The molecule has 0 aromatic heterocycles. The Morgan fingerprint density at radius 1 is 0.868 bits per heavy atom. The van der Waals surface area contributed by atoms with Gasteiger partial charge < -0.3 is 42.7 Å². The lowest BCUT2D eigenvalue weighted by Crippen LogP contribution is -2.58. The molecule has 0 radical (unpaired) electrons. The van der Waals surface area contributed by atoms with Gasteiger partial charge in [-0.2, -0.15) is 0 Å². The summed E-state index contributed by atoms with van der Waals surface area (Å²) in [6, 6.07) is 0.237. The van der Waals surface area contributed by atoms with E-state index >= 15 is 0 Å². The van der Waals surface area contributed by atoms with Gasteiger partial charge in [0.05, 0.1) is 12.5 Å². The summed E-state index contributed by atoms with van der Waals surface area (Å²) in [6.07, 6.45) is -1.11. The van der Waals surface area contributed by atoms with Crippen LogP contribution in [0.5, 0.6) is 5.75 Å². The van der Waals surface area contributed by atoms with Gasteiger partial charge in [-0.1, -0.05) is 32.4 Å². The zero-order valence-electron chi connectivity index (χ0n) is 21.2. The molecule has 1 aromatic carbocycles. The molecule has 0 saturated carbocycles. The first kappa shape index (κ1) is 31.8. The molecule has 0 heterocycles. The third-order valence-electron chi connectivity index (χ3n) is 5.87. The van der Waals surface area contributed by atoms with Crippen LogP contribution in [0.15, 0.2) is 24.3 Å². The summed E-state index contributed by atoms with van der Waals surface area (Å²) in [6.45, 7) is 3.59. The average molecular weight is 538 g/mol. The number of hydrogen-bond donors (Lipinski definition) is 8. The Bertz CT molecular complexity index is 1020. The van der Waals surface area contributed by atoms with Crippen LogP contribution in [0.2, 0.25) is 0 Å². The molecule has 0 aliphatic carbocycles. The fourth-order valence-corrected chi connectivity index (χ4v) is 3.33. The summed E-state index contributed by atoms with van der Waals surface area (Å²) in [5.74, 6) is -6.69. The minimum atomic E-state index is -1.71. The van der Waals surface area contributed by atoms with Gasteiger partial charge in [-0.15, -0.1) is 0 Å². The number of aliphatic carboxylic acids is 2. The Balaban J connectivity index is 3.16. The van der Waals surface area contributed by atoms with E-state index in [-0.39, 0.29) is 30.9 Å². The molecule has 0 saturated heterocycles. The highest BCUT2D eigenvalue weighted by Crippen LogP contribution is 2.13. The molecule has 210 valence electrons. The number of nitrogens with two attached hydrogens (primary N) is 2. The highest BCUT2D eigenvalue weighted by atomic mass is 16.4. The Labute approximate surface area is 219 Å². The van der Waals surface area contributed by atoms with Crippen molar-refractivity contribution in [3.05, 3.63) is 29.8 Å². The highest BCUT2D eigenvalue weighted by Gasteiger charge is 2.32. The van der Waals surface area contributed by atoms with Gasteiger partial charge in [-0.3, -0.25) is 24.0 Å². The van der Waals surface area contributed by atoms with Gasteiger partial charge >= 0.3 is 11.9 Å². The van der Waals surface area contributed by atoms with Crippen molar-refractivity contribution in [1.29, 1.82) is 0 Å². The van der Waals surface area contributed by atoms with E-state index in [0.717, 1.165) is 0 Å². The summed E-state index contributed by atoms with van der Waals surface area (Å²) in [5.41, 5.74) is 11.5. The molecule has 5 unspecified atom stereocenters. The Morgan fingerprint density at radius 3 is 1.89 bits per heavy atom. The van der Waals surface area contributed by atoms with Gasteiger partial charge in [0.1, 0.15) is 23.9 Å². The minimum Gasteiger partial charge on any atom is -0.508 e. The summed E-state index contributed by atoms with van der Waals surface area (Å²) < 4.78 is 0. The average Bonchev–Trinajstić information content (AvgIpc) is 2.85. The Hall–Kier alpha value is -4.20. The maximum absolute atomic E-state index is 13.2. The molecule has 14 heteroatoms. The molecular formula is C24H35N5O9. The summed E-state index contributed by atoms with van der Waals surface area (Å²) in [7, 11) is 0. The van der Waals surface area contributed by atoms with E-state index in [4.69, 9.17) is 11.5 Å². The lowest BCUT2D eigenvalue weighted by Gasteiger charge is -2.25. The fraction of sp³-hybridized carbons (Fsp3) is 0.500. The number of aromatic hydroxyl groups is 1. The van der Waals surface area contributed by atoms with Crippen LogP contribution >= 0.6 is 0 Å². The number of carboxylic acid groups (broad SMARTS) is 2. The minimum absolute atomic E-state index is 0.0277. The van der Waals surface area contributed by atoms with Crippen molar-refractivity contribution in [3.63, 3.8) is 0 Å². The molecule has 10 N–H and O–H groups in total. The fourth-order valence-electron chi connectivity index (χ4n) is 3.33. The van der Waals surface area contributed by atoms with Crippen molar-refractivity contribution in [1.82, 2.24) is 16.0 Å². The number of primary amides is 1. The van der Waals surface area contributed by atoms with E-state index in [1.807, 2.05) is 6.92 Å². The molecule has 5 atom stereocenters. The molecule has 0 spiro atoms. The second kappa shape index (κ2) is 15.1. The quantitative estimate of drug-likeness (QED) is 0.122. The van der Waals surface area contributed by atoms with Gasteiger partial charge in [0.25, 0.3) is 0 Å². The normalized spacial score (nSPS) is 14.7. The van der Waals surface area contributed by atoms with Gasteiger partial charge in [0, 0.05) is 12.8 Å². The van der Waals surface area contributed by atoms with Crippen molar-refractivity contribution >= 4 is 35.6 Å². The van der Waals surface area contributed by atoms with Crippen LogP contribution < -0.4 is 27.4 Å². The molecule has 1 rings (SSSR count).